The summed E-state index contributed by atoms with van der Waals surface area (Å²) in [7, 11) is -4.08. The fourth-order valence-corrected chi connectivity index (χ4v) is 6.12. The summed E-state index contributed by atoms with van der Waals surface area (Å²) < 4.78 is 28.5. The van der Waals surface area contributed by atoms with Gasteiger partial charge in [0.1, 0.15) is 0 Å². The topological polar surface area (TPSA) is 57.7 Å². The van der Waals surface area contributed by atoms with E-state index in [0.717, 1.165) is 32.4 Å². The van der Waals surface area contributed by atoms with Gasteiger partial charge in [0.15, 0.2) is 0 Å². The van der Waals surface area contributed by atoms with Gasteiger partial charge in [-0.15, -0.1) is 4.41 Å². The van der Waals surface area contributed by atoms with E-state index in [1.165, 1.54) is 0 Å². The standard InChI is InChI=1S/C26H24N2O3S/c1-18-12-14-21(15-13-18)32(30,31)28-26(29)17-23(20-8-4-3-5-9-20)25-16-19(2)22-10-6-7-11-24(22)27(25)28/h3-16,23,25H,17H2,1-2H3/t23-,25+/m1/s1. The highest BCUT2D eigenvalue weighted by Gasteiger charge is 2.48. The number of amides is 1. The van der Waals surface area contributed by atoms with Gasteiger partial charge in [-0.2, -0.15) is 8.42 Å². The predicted octanol–water partition coefficient (Wildman–Crippen LogP) is 4.91. The van der Waals surface area contributed by atoms with Gasteiger partial charge in [0.05, 0.1) is 16.6 Å². The highest BCUT2D eigenvalue weighted by atomic mass is 32.2. The first-order valence-corrected chi connectivity index (χ1v) is 12.1. The lowest BCUT2D eigenvalue weighted by atomic mass is 9.82. The maximum Gasteiger partial charge on any atom is 0.284 e. The highest BCUT2D eigenvalue weighted by molar-refractivity contribution is 7.89. The first kappa shape index (κ1) is 20.5. The molecule has 2 aliphatic heterocycles. The van der Waals surface area contributed by atoms with Crippen LogP contribution in [0.3, 0.4) is 0 Å². The number of aryl methyl sites for hydroxylation is 1. The molecule has 1 saturated heterocycles. The minimum absolute atomic E-state index is 0.108. The van der Waals surface area contributed by atoms with Crippen molar-refractivity contribution in [2.24, 2.45) is 0 Å². The van der Waals surface area contributed by atoms with E-state index in [9.17, 15) is 13.2 Å². The summed E-state index contributed by atoms with van der Waals surface area (Å²) in [6.45, 7) is 3.94. The molecule has 0 radical (unpaired) electrons. The molecule has 1 fully saturated rings. The van der Waals surface area contributed by atoms with Crippen LogP contribution in [0.4, 0.5) is 5.69 Å². The molecular weight excluding hydrogens is 420 g/mol. The fourth-order valence-electron chi connectivity index (χ4n) is 4.67. The summed E-state index contributed by atoms with van der Waals surface area (Å²) in [5, 5.41) is 1.68. The molecule has 0 saturated carbocycles. The van der Waals surface area contributed by atoms with Crippen LogP contribution >= 0.6 is 0 Å². The average Bonchev–Trinajstić information content (AvgIpc) is 2.80. The average molecular weight is 445 g/mol. The third-order valence-corrected chi connectivity index (χ3v) is 7.97. The van der Waals surface area contributed by atoms with Gasteiger partial charge in [0, 0.05) is 17.9 Å². The lowest BCUT2D eigenvalue weighted by Gasteiger charge is -2.49. The van der Waals surface area contributed by atoms with Crippen molar-refractivity contribution in [3.63, 3.8) is 0 Å². The van der Waals surface area contributed by atoms with Crippen LogP contribution in [0, 0.1) is 6.92 Å². The van der Waals surface area contributed by atoms with Crippen LogP contribution < -0.4 is 5.01 Å². The van der Waals surface area contributed by atoms with Crippen molar-refractivity contribution in [1.82, 2.24) is 4.41 Å². The zero-order valence-electron chi connectivity index (χ0n) is 18.0. The number of carbonyl (C=O) groups excluding carboxylic acids is 1. The quantitative estimate of drug-likeness (QED) is 0.576. The second-order valence-electron chi connectivity index (χ2n) is 8.38. The van der Waals surface area contributed by atoms with Gasteiger partial charge >= 0.3 is 0 Å². The molecule has 6 heteroatoms. The molecule has 162 valence electrons. The van der Waals surface area contributed by atoms with E-state index in [4.69, 9.17) is 0 Å². The third-order valence-electron chi connectivity index (χ3n) is 6.27. The van der Waals surface area contributed by atoms with Crippen LogP contribution in [0.2, 0.25) is 0 Å². The smallest absolute Gasteiger partial charge is 0.272 e. The summed E-state index contributed by atoms with van der Waals surface area (Å²) in [5.41, 5.74) is 4.70. The second-order valence-corrected chi connectivity index (χ2v) is 10.1. The number of hydrazine groups is 1. The number of nitrogens with zero attached hydrogens (tertiary/aromatic N) is 2. The van der Waals surface area contributed by atoms with Crippen molar-refractivity contribution < 1.29 is 13.2 Å². The van der Waals surface area contributed by atoms with E-state index in [0.29, 0.717) is 0 Å². The second kappa shape index (κ2) is 7.64. The van der Waals surface area contributed by atoms with Crippen LogP contribution in [0.25, 0.3) is 5.57 Å². The van der Waals surface area contributed by atoms with Crippen molar-refractivity contribution >= 4 is 27.2 Å². The van der Waals surface area contributed by atoms with Gasteiger partial charge in [0.2, 0.25) is 0 Å². The number of carbonyl (C=O) groups is 1. The molecule has 32 heavy (non-hydrogen) atoms. The molecular formula is C26H24N2O3S. The predicted molar refractivity (Wildman–Crippen MR) is 125 cm³/mol. The summed E-state index contributed by atoms with van der Waals surface area (Å²) in [4.78, 5) is 13.6. The number of anilines is 1. The lowest BCUT2D eigenvalue weighted by molar-refractivity contribution is -0.129. The molecule has 5 rings (SSSR count). The van der Waals surface area contributed by atoms with Crippen LogP contribution in [0.5, 0.6) is 0 Å². The zero-order valence-corrected chi connectivity index (χ0v) is 18.8. The number of benzene rings is 3. The molecule has 0 bridgehead atoms. The Labute approximate surface area is 188 Å². The first-order valence-electron chi connectivity index (χ1n) is 10.6. The SMILES string of the molecule is CC1=C[C@H]2[C@@H](c3ccccc3)CC(=O)N(S(=O)(=O)c3ccc(C)cc3)N2c2ccccc21. The molecule has 3 aromatic rings. The van der Waals surface area contributed by atoms with Crippen molar-refractivity contribution in [2.45, 2.75) is 37.1 Å². The van der Waals surface area contributed by atoms with Gasteiger partial charge in [-0.05, 0) is 43.2 Å². The van der Waals surface area contributed by atoms with Crippen LogP contribution in [0.15, 0.2) is 89.8 Å². The Kier molecular flexibility index (Phi) is 4.90. The molecule has 1 amide bonds. The third kappa shape index (κ3) is 3.22. The van der Waals surface area contributed by atoms with Gasteiger partial charge in [-0.3, -0.25) is 9.80 Å². The first-order chi connectivity index (χ1) is 15.4. The number of allylic oxidation sites excluding steroid dienone is 1. The number of fused-ring (bicyclic) bond motifs is 3. The molecule has 3 aromatic carbocycles. The molecule has 0 spiro atoms. The van der Waals surface area contributed by atoms with Crippen molar-refractivity contribution in [1.29, 1.82) is 0 Å². The normalized spacial score (nSPS) is 20.4. The molecule has 5 nitrogen and oxygen atoms in total. The Hall–Kier alpha value is -3.38. The Morgan fingerprint density at radius 2 is 1.50 bits per heavy atom. The summed E-state index contributed by atoms with van der Waals surface area (Å²) in [6.07, 6.45) is 2.20. The van der Waals surface area contributed by atoms with E-state index in [-0.39, 0.29) is 23.3 Å². The van der Waals surface area contributed by atoms with E-state index < -0.39 is 15.9 Å². The van der Waals surface area contributed by atoms with Crippen LogP contribution in [-0.2, 0) is 14.8 Å². The monoisotopic (exact) mass is 444 g/mol. The number of hydrogen-bond acceptors (Lipinski definition) is 4. The molecule has 0 aliphatic carbocycles. The maximum atomic E-state index is 13.7. The van der Waals surface area contributed by atoms with Gasteiger partial charge in [-0.1, -0.05) is 72.3 Å². The lowest BCUT2D eigenvalue weighted by Crippen LogP contribution is -2.61. The molecule has 0 N–H and O–H groups in total. The van der Waals surface area contributed by atoms with E-state index in [1.807, 2.05) is 68.4 Å². The van der Waals surface area contributed by atoms with Crippen molar-refractivity contribution in [2.75, 3.05) is 5.01 Å². The summed E-state index contributed by atoms with van der Waals surface area (Å²) in [6, 6.07) is 23.8. The Morgan fingerprint density at radius 1 is 0.844 bits per heavy atom. The van der Waals surface area contributed by atoms with E-state index >= 15 is 0 Å². The molecule has 2 heterocycles. The Morgan fingerprint density at radius 3 is 2.22 bits per heavy atom. The van der Waals surface area contributed by atoms with E-state index in [2.05, 4.69) is 6.08 Å². The Bertz CT molecular complexity index is 1310. The summed E-state index contributed by atoms with van der Waals surface area (Å²) >= 11 is 0. The number of hydrogen-bond donors (Lipinski definition) is 0. The van der Waals surface area contributed by atoms with Crippen LogP contribution in [-0.4, -0.2) is 24.8 Å². The van der Waals surface area contributed by atoms with Crippen LogP contribution in [0.1, 0.15) is 36.0 Å². The maximum absolute atomic E-state index is 13.7. The number of rotatable bonds is 3. The molecule has 0 aromatic heterocycles. The zero-order chi connectivity index (χ0) is 22.5. The van der Waals surface area contributed by atoms with E-state index in [1.54, 1.807) is 29.3 Å². The van der Waals surface area contributed by atoms with Gasteiger partial charge < -0.3 is 0 Å². The van der Waals surface area contributed by atoms with Gasteiger partial charge in [0.25, 0.3) is 15.9 Å². The minimum atomic E-state index is -4.08. The van der Waals surface area contributed by atoms with Gasteiger partial charge in [-0.25, -0.2) is 0 Å². The Balaban J connectivity index is 1.70. The minimum Gasteiger partial charge on any atom is -0.272 e. The number of para-hydroxylation sites is 1. The fraction of sp³-hybridized carbons (Fsp3) is 0.192. The summed E-state index contributed by atoms with van der Waals surface area (Å²) in [5.74, 6) is -0.588. The molecule has 0 unspecified atom stereocenters. The van der Waals surface area contributed by atoms with Crippen molar-refractivity contribution in [3.8, 4) is 0 Å². The molecule has 2 atom stereocenters. The largest absolute Gasteiger partial charge is 0.284 e. The number of sulfonamides is 1. The highest BCUT2D eigenvalue weighted by Crippen LogP contribution is 2.45. The molecule has 2 aliphatic rings. The van der Waals surface area contributed by atoms with Crippen molar-refractivity contribution in [3.05, 3.63) is 102 Å².